The van der Waals surface area contributed by atoms with Gasteiger partial charge in [-0.25, -0.2) is 0 Å². The molecule has 0 aliphatic rings. The maximum Gasteiger partial charge on any atom is 0.138 e. The summed E-state index contributed by atoms with van der Waals surface area (Å²) in [5, 5.41) is 0. The van der Waals surface area contributed by atoms with Gasteiger partial charge in [0.2, 0.25) is 0 Å². The zero-order chi connectivity index (χ0) is 11.1. The van der Waals surface area contributed by atoms with Crippen LogP contribution in [0, 0.1) is 0 Å². The lowest BCUT2D eigenvalue weighted by Crippen LogP contribution is -2.07. The van der Waals surface area contributed by atoms with E-state index in [1.807, 2.05) is 40.7 Å². The van der Waals surface area contributed by atoms with Crippen molar-refractivity contribution in [1.29, 1.82) is 0 Å². The van der Waals surface area contributed by atoms with Crippen molar-refractivity contribution in [3.05, 3.63) is 11.6 Å². The predicted octanol–water partition coefficient (Wildman–Crippen LogP) is 3.17. The lowest BCUT2D eigenvalue weighted by atomic mass is 10.1. The van der Waals surface area contributed by atoms with E-state index < -0.39 is 0 Å². The molecular formula is C12H21NO. The summed E-state index contributed by atoms with van der Waals surface area (Å²) in [6, 6.07) is 0.255. The van der Waals surface area contributed by atoms with E-state index in [0.29, 0.717) is 12.8 Å². The van der Waals surface area contributed by atoms with E-state index in [1.54, 1.807) is 0 Å². The van der Waals surface area contributed by atoms with Gasteiger partial charge >= 0.3 is 0 Å². The molecule has 14 heavy (non-hydrogen) atoms. The minimum atomic E-state index is 0.252. The molecule has 0 aromatic rings. The average molecular weight is 195 g/mol. The summed E-state index contributed by atoms with van der Waals surface area (Å²) in [6.07, 6.45) is 3.06. The number of hydrogen-bond acceptors (Lipinski definition) is 2. The second kappa shape index (κ2) is 6.52. The van der Waals surface area contributed by atoms with Gasteiger partial charge in [0.05, 0.1) is 0 Å². The molecule has 0 fully saturated rings. The fraction of sp³-hybridized carbons (Fsp3) is 0.667. The van der Waals surface area contributed by atoms with Crippen LogP contribution < -0.4 is 0 Å². The fourth-order valence-electron chi connectivity index (χ4n) is 1.13. The standard InChI is InChI=1S/C12H21NO/c1-6-12(14)8-11(7-9(2)3)13-10(4)5/h7,10H,6,8H2,1-5H3. The average Bonchev–Trinajstić information content (AvgIpc) is 2.01. The van der Waals surface area contributed by atoms with Gasteiger partial charge in [0.25, 0.3) is 0 Å². The molecule has 0 unspecified atom stereocenters. The molecule has 0 saturated carbocycles. The molecule has 0 aliphatic carbocycles. The van der Waals surface area contributed by atoms with Gasteiger partial charge in [0.1, 0.15) is 5.78 Å². The quantitative estimate of drug-likeness (QED) is 0.619. The first-order valence-corrected chi connectivity index (χ1v) is 5.19. The highest BCUT2D eigenvalue weighted by Crippen LogP contribution is 2.01. The Morgan fingerprint density at radius 1 is 1.36 bits per heavy atom. The Morgan fingerprint density at radius 2 is 1.93 bits per heavy atom. The Morgan fingerprint density at radius 3 is 2.29 bits per heavy atom. The molecule has 0 aromatic heterocycles. The van der Waals surface area contributed by atoms with E-state index in [2.05, 4.69) is 4.99 Å². The number of ketones is 1. The first-order valence-electron chi connectivity index (χ1n) is 5.19. The van der Waals surface area contributed by atoms with Gasteiger partial charge in [-0.2, -0.15) is 0 Å². The number of nitrogens with zero attached hydrogens (tertiary/aromatic N) is 1. The molecule has 0 aliphatic heterocycles. The van der Waals surface area contributed by atoms with Crippen LogP contribution in [0.3, 0.4) is 0 Å². The van der Waals surface area contributed by atoms with Crippen molar-refractivity contribution in [3.63, 3.8) is 0 Å². The number of aliphatic imine (C=N–C) groups is 1. The third-order valence-corrected chi connectivity index (χ3v) is 1.65. The van der Waals surface area contributed by atoms with E-state index in [-0.39, 0.29) is 11.8 Å². The van der Waals surface area contributed by atoms with Crippen LogP contribution in [0.5, 0.6) is 0 Å². The van der Waals surface area contributed by atoms with Crippen molar-refractivity contribution in [2.75, 3.05) is 0 Å². The van der Waals surface area contributed by atoms with E-state index >= 15 is 0 Å². The van der Waals surface area contributed by atoms with Gasteiger partial charge in [0.15, 0.2) is 0 Å². The highest BCUT2D eigenvalue weighted by Gasteiger charge is 2.03. The zero-order valence-corrected chi connectivity index (χ0v) is 9.92. The molecule has 80 valence electrons. The highest BCUT2D eigenvalue weighted by molar-refractivity contribution is 6.07. The van der Waals surface area contributed by atoms with Gasteiger partial charge in [-0.1, -0.05) is 12.5 Å². The summed E-state index contributed by atoms with van der Waals surface area (Å²) < 4.78 is 0. The molecule has 0 aromatic carbocycles. The Kier molecular flexibility index (Phi) is 6.09. The van der Waals surface area contributed by atoms with Crippen LogP contribution in [-0.2, 0) is 4.79 Å². The van der Waals surface area contributed by atoms with Crippen molar-refractivity contribution < 1.29 is 4.79 Å². The lowest BCUT2D eigenvalue weighted by Gasteiger charge is -2.03. The minimum absolute atomic E-state index is 0.252. The van der Waals surface area contributed by atoms with Crippen molar-refractivity contribution in [3.8, 4) is 0 Å². The molecule has 0 rings (SSSR count). The fourth-order valence-corrected chi connectivity index (χ4v) is 1.13. The summed E-state index contributed by atoms with van der Waals surface area (Å²) in [5.74, 6) is 0.252. The third kappa shape index (κ3) is 6.58. The predicted molar refractivity (Wildman–Crippen MR) is 61.9 cm³/mol. The van der Waals surface area contributed by atoms with Crippen LogP contribution in [0.2, 0.25) is 0 Å². The lowest BCUT2D eigenvalue weighted by molar-refractivity contribution is -0.117. The molecule has 0 amide bonds. The van der Waals surface area contributed by atoms with Crippen LogP contribution in [0.4, 0.5) is 0 Å². The molecule has 0 radical (unpaired) electrons. The molecule has 2 nitrogen and oxygen atoms in total. The number of carbonyl (C=O) groups is 1. The molecule has 0 N–H and O–H groups in total. The van der Waals surface area contributed by atoms with Crippen molar-refractivity contribution in [1.82, 2.24) is 0 Å². The van der Waals surface area contributed by atoms with Crippen LogP contribution in [0.25, 0.3) is 0 Å². The van der Waals surface area contributed by atoms with Gasteiger partial charge in [-0.05, 0) is 33.8 Å². The van der Waals surface area contributed by atoms with Gasteiger partial charge in [-0.15, -0.1) is 0 Å². The molecule has 0 spiro atoms. The zero-order valence-electron chi connectivity index (χ0n) is 9.92. The van der Waals surface area contributed by atoms with Crippen LogP contribution in [-0.4, -0.2) is 17.5 Å². The number of Topliss-reactive ketones (excluding diaryl/α,β-unsaturated/α-hetero) is 1. The van der Waals surface area contributed by atoms with Gasteiger partial charge < -0.3 is 0 Å². The molecule has 0 saturated heterocycles. The topological polar surface area (TPSA) is 29.4 Å². The highest BCUT2D eigenvalue weighted by atomic mass is 16.1. The summed E-state index contributed by atoms with van der Waals surface area (Å²) in [6.45, 7) is 9.97. The minimum Gasteiger partial charge on any atom is -0.299 e. The summed E-state index contributed by atoms with van der Waals surface area (Å²) in [4.78, 5) is 15.7. The second-order valence-corrected chi connectivity index (χ2v) is 4.00. The van der Waals surface area contributed by atoms with Crippen LogP contribution in [0.15, 0.2) is 16.6 Å². The largest absolute Gasteiger partial charge is 0.299 e. The Bertz CT molecular complexity index is 245. The number of carbonyl (C=O) groups excluding carboxylic acids is 1. The van der Waals surface area contributed by atoms with E-state index in [0.717, 1.165) is 5.71 Å². The first-order chi connectivity index (χ1) is 6.45. The summed E-state index contributed by atoms with van der Waals surface area (Å²) in [7, 11) is 0. The molecule has 0 heterocycles. The van der Waals surface area contributed by atoms with E-state index in [1.165, 1.54) is 5.57 Å². The maximum absolute atomic E-state index is 11.3. The van der Waals surface area contributed by atoms with Crippen molar-refractivity contribution >= 4 is 11.5 Å². The summed E-state index contributed by atoms with van der Waals surface area (Å²) in [5.41, 5.74) is 2.10. The first kappa shape index (κ1) is 13.1. The van der Waals surface area contributed by atoms with Gasteiger partial charge in [-0.3, -0.25) is 9.79 Å². The smallest absolute Gasteiger partial charge is 0.138 e. The summed E-state index contributed by atoms with van der Waals surface area (Å²) >= 11 is 0. The van der Waals surface area contributed by atoms with E-state index in [4.69, 9.17) is 0 Å². The van der Waals surface area contributed by atoms with Crippen LogP contribution in [0.1, 0.15) is 47.5 Å². The number of hydrogen-bond donors (Lipinski definition) is 0. The number of rotatable bonds is 5. The molecule has 0 bridgehead atoms. The monoisotopic (exact) mass is 195 g/mol. The third-order valence-electron chi connectivity index (χ3n) is 1.65. The Balaban J connectivity index is 4.57. The Hall–Kier alpha value is -0.920. The second-order valence-electron chi connectivity index (χ2n) is 4.00. The van der Waals surface area contributed by atoms with Crippen molar-refractivity contribution in [2.45, 2.75) is 53.5 Å². The maximum atomic E-state index is 11.3. The molecule has 2 heteroatoms. The molecular weight excluding hydrogens is 174 g/mol. The van der Waals surface area contributed by atoms with Gasteiger partial charge in [0, 0.05) is 24.6 Å². The normalized spacial score (nSPS) is 11.7. The number of allylic oxidation sites excluding steroid dienone is 2. The SMILES string of the molecule is CCC(=O)CC(C=C(C)C)=NC(C)C. The molecule has 0 atom stereocenters. The van der Waals surface area contributed by atoms with Crippen molar-refractivity contribution in [2.24, 2.45) is 4.99 Å². The van der Waals surface area contributed by atoms with Crippen LogP contribution >= 0.6 is 0 Å². The Labute approximate surface area is 87.1 Å². The van der Waals surface area contributed by atoms with E-state index in [9.17, 15) is 4.79 Å².